The first-order valence-electron chi connectivity index (χ1n) is 8.84. The smallest absolute Gasteiger partial charge is 0.415 e. The fourth-order valence-electron chi connectivity index (χ4n) is 2.38. The molecule has 0 spiro atoms. The van der Waals surface area contributed by atoms with Crippen LogP contribution in [0, 0.1) is 0 Å². The summed E-state index contributed by atoms with van der Waals surface area (Å²) >= 11 is 1.47. The van der Waals surface area contributed by atoms with Crippen molar-refractivity contribution in [3.05, 3.63) is 16.5 Å². The first-order valence-corrected chi connectivity index (χ1v) is 9.65. The van der Waals surface area contributed by atoms with E-state index < -0.39 is 17.7 Å². The highest BCUT2D eigenvalue weighted by molar-refractivity contribution is 7.16. The molecule has 1 rings (SSSR count). The Morgan fingerprint density at radius 2 is 1.88 bits per heavy atom. The van der Waals surface area contributed by atoms with E-state index in [0.717, 1.165) is 30.6 Å². The van der Waals surface area contributed by atoms with Crippen LogP contribution in [0.4, 0.5) is 9.80 Å². The second-order valence-electron chi connectivity index (χ2n) is 7.32. The van der Waals surface area contributed by atoms with Crippen molar-refractivity contribution in [1.82, 2.24) is 0 Å². The van der Waals surface area contributed by atoms with Gasteiger partial charge < -0.3 is 9.47 Å². The predicted octanol–water partition coefficient (Wildman–Crippen LogP) is 5.42. The molecule has 25 heavy (non-hydrogen) atoms. The lowest BCUT2D eigenvalue weighted by atomic mass is 10.1. The minimum atomic E-state index is -0.600. The van der Waals surface area contributed by atoms with E-state index in [1.165, 1.54) is 18.4 Å². The van der Waals surface area contributed by atoms with Crippen molar-refractivity contribution in [2.75, 3.05) is 12.0 Å². The van der Waals surface area contributed by atoms with E-state index in [4.69, 9.17) is 9.47 Å². The topological polar surface area (TPSA) is 55.8 Å². The highest BCUT2D eigenvalue weighted by atomic mass is 32.1. The van der Waals surface area contributed by atoms with E-state index in [9.17, 15) is 9.59 Å². The maximum absolute atomic E-state index is 12.7. The molecule has 0 saturated heterocycles. The Kier molecular flexibility index (Phi) is 7.93. The number of amides is 1. The zero-order valence-corrected chi connectivity index (χ0v) is 17.3. The lowest BCUT2D eigenvalue weighted by Crippen LogP contribution is -2.41. The molecule has 1 aromatic rings. The van der Waals surface area contributed by atoms with Crippen LogP contribution in [0.2, 0.25) is 0 Å². The van der Waals surface area contributed by atoms with Gasteiger partial charge in [0.25, 0.3) is 0 Å². The number of nitrogens with zero attached hydrogens (tertiary/aromatic N) is 1. The summed E-state index contributed by atoms with van der Waals surface area (Å²) in [7, 11) is 1.35. The number of anilines is 1. The van der Waals surface area contributed by atoms with Crippen molar-refractivity contribution in [2.24, 2.45) is 0 Å². The quantitative estimate of drug-likeness (QED) is 0.476. The van der Waals surface area contributed by atoms with Crippen LogP contribution in [-0.4, -0.2) is 30.8 Å². The van der Waals surface area contributed by atoms with Gasteiger partial charge in [-0.1, -0.05) is 19.8 Å². The lowest BCUT2D eigenvalue weighted by molar-refractivity contribution is 0.0570. The molecule has 142 valence electrons. The summed E-state index contributed by atoms with van der Waals surface area (Å²) in [6.45, 7) is 11.4. The second-order valence-corrected chi connectivity index (χ2v) is 8.44. The number of unbranched alkanes of at least 4 members (excludes halogenated alkanes) is 2. The van der Waals surface area contributed by atoms with Gasteiger partial charge in [0.15, 0.2) is 0 Å². The number of esters is 1. The summed E-state index contributed by atoms with van der Waals surface area (Å²) in [5.74, 6) is -0.429. The Bertz CT molecular complexity index is 587. The Hall–Kier alpha value is -1.56. The number of hydrogen-bond acceptors (Lipinski definition) is 5. The van der Waals surface area contributed by atoms with E-state index in [-0.39, 0.29) is 6.04 Å². The Morgan fingerprint density at radius 1 is 1.24 bits per heavy atom. The van der Waals surface area contributed by atoms with Crippen LogP contribution in [-0.2, 0) is 15.9 Å². The molecule has 1 aromatic heterocycles. The number of methoxy groups -OCH3 is 1. The zero-order chi connectivity index (χ0) is 19.2. The largest absolute Gasteiger partial charge is 0.465 e. The fraction of sp³-hybridized carbons (Fsp3) is 0.684. The number of rotatable bonds is 7. The van der Waals surface area contributed by atoms with Crippen LogP contribution < -0.4 is 4.90 Å². The van der Waals surface area contributed by atoms with Crippen LogP contribution in [0.3, 0.4) is 0 Å². The molecule has 0 unspecified atom stereocenters. The third-order valence-electron chi connectivity index (χ3n) is 3.52. The normalized spacial score (nSPS) is 11.5. The molecule has 0 aromatic carbocycles. The number of carbonyl (C=O) groups is 2. The van der Waals surface area contributed by atoms with Crippen molar-refractivity contribution in [3.63, 3.8) is 0 Å². The van der Waals surface area contributed by atoms with Gasteiger partial charge in [0.2, 0.25) is 0 Å². The Morgan fingerprint density at radius 3 is 2.36 bits per heavy atom. The van der Waals surface area contributed by atoms with Gasteiger partial charge in [-0.15, -0.1) is 11.3 Å². The first kappa shape index (κ1) is 21.5. The minimum Gasteiger partial charge on any atom is -0.465 e. The summed E-state index contributed by atoms with van der Waals surface area (Å²) in [6, 6.07) is 1.71. The molecule has 0 fully saturated rings. The third-order valence-corrected chi connectivity index (χ3v) is 4.72. The molecular formula is C19H31NO4S. The number of ether oxygens (including phenoxy) is 2. The number of carbonyl (C=O) groups excluding carboxylic acids is 2. The van der Waals surface area contributed by atoms with Gasteiger partial charge in [-0.2, -0.15) is 0 Å². The van der Waals surface area contributed by atoms with Crippen LogP contribution in [0.5, 0.6) is 0 Å². The second kappa shape index (κ2) is 9.22. The monoisotopic (exact) mass is 369 g/mol. The van der Waals surface area contributed by atoms with Crippen LogP contribution in [0.15, 0.2) is 6.07 Å². The van der Waals surface area contributed by atoms with Gasteiger partial charge in [0.05, 0.1) is 12.7 Å². The van der Waals surface area contributed by atoms with Crippen molar-refractivity contribution in [3.8, 4) is 0 Å². The Labute approximate surface area is 155 Å². The summed E-state index contributed by atoms with van der Waals surface area (Å²) in [4.78, 5) is 27.5. The van der Waals surface area contributed by atoms with E-state index >= 15 is 0 Å². The summed E-state index contributed by atoms with van der Waals surface area (Å²) in [6.07, 6.45) is 3.78. The maximum Gasteiger partial charge on any atom is 0.415 e. The molecule has 0 atom stereocenters. The van der Waals surface area contributed by atoms with E-state index in [1.807, 2.05) is 40.7 Å². The average Bonchev–Trinajstić information content (AvgIpc) is 2.88. The molecule has 6 heteroatoms. The van der Waals surface area contributed by atoms with Crippen molar-refractivity contribution < 1.29 is 19.1 Å². The fourth-order valence-corrected chi connectivity index (χ4v) is 3.69. The highest BCUT2D eigenvalue weighted by Crippen LogP contribution is 2.35. The van der Waals surface area contributed by atoms with Gasteiger partial charge in [0, 0.05) is 10.9 Å². The van der Waals surface area contributed by atoms with Crippen molar-refractivity contribution in [2.45, 2.75) is 78.9 Å². The molecule has 1 heterocycles. The lowest BCUT2D eigenvalue weighted by Gasteiger charge is -2.29. The van der Waals surface area contributed by atoms with Crippen molar-refractivity contribution in [1.29, 1.82) is 0 Å². The molecule has 5 nitrogen and oxygen atoms in total. The molecule has 0 saturated carbocycles. The first-order chi connectivity index (χ1) is 11.6. The van der Waals surface area contributed by atoms with E-state index in [0.29, 0.717) is 10.6 Å². The summed E-state index contributed by atoms with van der Waals surface area (Å²) < 4.78 is 10.4. The van der Waals surface area contributed by atoms with Gasteiger partial charge in [-0.05, 0) is 53.5 Å². The molecule has 1 amide bonds. The SMILES string of the molecule is CCCCCc1cc(C(=O)OC)c(N(C(=O)OC(C)(C)C)C(C)C)s1. The molecule has 0 N–H and O–H groups in total. The molecular weight excluding hydrogens is 338 g/mol. The van der Waals surface area contributed by atoms with Gasteiger partial charge >= 0.3 is 12.1 Å². The van der Waals surface area contributed by atoms with Gasteiger partial charge in [-0.25, -0.2) is 9.59 Å². The van der Waals surface area contributed by atoms with E-state index in [2.05, 4.69) is 6.92 Å². The number of thiophene rings is 1. The number of hydrogen-bond donors (Lipinski definition) is 0. The van der Waals surface area contributed by atoms with Crippen LogP contribution in [0.1, 0.15) is 76.0 Å². The standard InChI is InChI=1S/C19H31NO4S/c1-8-9-10-11-14-12-15(17(21)23-7)16(25-14)20(13(2)3)18(22)24-19(4,5)6/h12-13H,8-11H2,1-7H3. The van der Waals surface area contributed by atoms with Gasteiger partial charge in [0.1, 0.15) is 10.6 Å². The highest BCUT2D eigenvalue weighted by Gasteiger charge is 2.31. The van der Waals surface area contributed by atoms with Gasteiger partial charge in [-0.3, -0.25) is 4.90 Å². The minimum absolute atomic E-state index is 0.139. The molecule has 0 bridgehead atoms. The Balaban J connectivity index is 3.22. The molecule has 0 aliphatic heterocycles. The average molecular weight is 370 g/mol. The molecule has 0 aliphatic rings. The van der Waals surface area contributed by atoms with Crippen LogP contribution >= 0.6 is 11.3 Å². The summed E-state index contributed by atoms with van der Waals surface area (Å²) in [5.41, 5.74) is -0.171. The zero-order valence-electron chi connectivity index (χ0n) is 16.5. The maximum atomic E-state index is 12.7. The van der Waals surface area contributed by atoms with E-state index in [1.54, 1.807) is 4.90 Å². The number of aryl methyl sites for hydroxylation is 1. The van der Waals surface area contributed by atoms with Crippen molar-refractivity contribution >= 4 is 28.4 Å². The summed E-state index contributed by atoms with van der Waals surface area (Å²) in [5, 5.41) is 0.600. The third kappa shape index (κ3) is 6.34. The molecule has 0 aliphatic carbocycles. The van der Waals surface area contributed by atoms with Crippen LogP contribution in [0.25, 0.3) is 0 Å². The predicted molar refractivity (Wildman–Crippen MR) is 103 cm³/mol. The molecule has 0 radical (unpaired) electrons.